The van der Waals surface area contributed by atoms with Gasteiger partial charge in [-0.3, -0.25) is 14.4 Å². The maximum atomic E-state index is 15.2. The van der Waals surface area contributed by atoms with E-state index in [0.29, 0.717) is 75.8 Å². The third-order valence-corrected chi connectivity index (χ3v) is 13.0. The van der Waals surface area contributed by atoms with Gasteiger partial charge in [0.05, 0.1) is 6.04 Å². The van der Waals surface area contributed by atoms with E-state index in [9.17, 15) is 19.5 Å². The van der Waals surface area contributed by atoms with Crippen molar-refractivity contribution >= 4 is 62.7 Å². The summed E-state index contributed by atoms with van der Waals surface area (Å²) in [5.74, 6) is -11.3. The Bertz CT molecular complexity index is 2890. The van der Waals surface area contributed by atoms with Crippen LogP contribution in [0.4, 0.5) is 17.6 Å². The van der Waals surface area contributed by atoms with E-state index < -0.39 is 59.2 Å². The van der Waals surface area contributed by atoms with Crippen LogP contribution in [0.5, 0.6) is 23.0 Å². The van der Waals surface area contributed by atoms with E-state index in [-0.39, 0.29) is 44.7 Å². The van der Waals surface area contributed by atoms with Gasteiger partial charge >= 0.3 is 11.8 Å². The first-order valence-electron chi connectivity index (χ1n) is 22.9. The number of hydrogen-bond acceptors (Lipinski definition) is 12. The lowest BCUT2D eigenvalue weighted by Crippen LogP contribution is -2.51. The molecule has 3 atom stereocenters. The number of hydrogen-bond donors (Lipinski definition) is 3. The first-order valence-corrected chi connectivity index (χ1v) is 23.6. The molecule has 0 aliphatic carbocycles. The third-order valence-electron chi connectivity index (χ3n) is 12.5. The van der Waals surface area contributed by atoms with E-state index in [4.69, 9.17) is 51.0 Å². The summed E-state index contributed by atoms with van der Waals surface area (Å²) < 4.78 is 93.3. The minimum atomic E-state index is -4.00. The Hall–Kier alpha value is -6.05. The molecule has 0 unspecified atom stereocenters. The number of carbonyl (C=O) groups excluding carboxylic acids is 3. The van der Waals surface area contributed by atoms with E-state index >= 15 is 17.6 Å². The Labute approximate surface area is 423 Å². The van der Waals surface area contributed by atoms with Crippen molar-refractivity contribution < 1.29 is 64.8 Å². The number of nitrogens with one attached hydrogen (secondary N) is 2. The number of rotatable bonds is 14. The van der Waals surface area contributed by atoms with Crippen LogP contribution < -0.4 is 29.6 Å². The molecule has 2 fully saturated rings. The van der Waals surface area contributed by atoms with Crippen molar-refractivity contribution in [2.45, 2.75) is 70.6 Å². The highest BCUT2D eigenvalue weighted by Crippen LogP contribution is 2.38. The molecule has 3 N–H and O–H groups in total. The largest absolute Gasteiger partial charge is 0.486 e. The van der Waals surface area contributed by atoms with Crippen molar-refractivity contribution in [1.82, 2.24) is 20.4 Å². The Morgan fingerprint density at radius 2 is 1.04 bits per heavy atom. The maximum absolute atomic E-state index is 15.2. The lowest BCUT2D eigenvalue weighted by molar-refractivity contribution is -0.151. The molecule has 2 amide bonds. The number of halogens is 6. The van der Waals surface area contributed by atoms with Crippen LogP contribution >= 0.6 is 23.2 Å². The summed E-state index contributed by atoms with van der Waals surface area (Å²) in [7, 11) is 0. The number of alkyl halides is 4. The predicted octanol–water partition coefficient (Wildman–Crippen LogP) is 9.95. The van der Waals surface area contributed by atoms with E-state index in [1.807, 2.05) is 9.80 Å². The molecule has 4 aliphatic rings. The molecule has 6 aromatic rings. The van der Waals surface area contributed by atoms with Crippen molar-refractivity contribution in [3.8, 4) is 23.0 Å². The number of ether oxygens (including phenoxy) is 4. The number of carbonyl (C=O) groups is 3. The van der Waals surface area contributed by atoms with Crippen molar-refractivity contribution in [1.29, 1.82) is 0 Å². The quantitative estimate of drug-likeness (QED) is 0.0700. The van der Waals surface area contributed by atoms with Crippen molar-refractivity contribution in [2.24, 2.45) is 0 Å². The number of amides is 2. The topological polar surface area (TPSA) is 165 Å². The molecular formula is C52H56Cl2F4N4O10. The standard InChI is InChI=1S/C25H25ClF2N2O5.C25H23ClF2N2O5.2CH4/c2*26-17-4-6-19-16(11-17)13-22(35-19)25(27,28)24(32)29-18(14-30-7-1-2-8-30)23(31)15-3-5-20-21(12-15)34-10-9-33-20;;/h3-6,11-13,18,23,31H,1-2,7-10,14H2,(H,29,32);3-6,11-13,18H,1-2,7-10,14H2,(H,29,32);2*1H4/t18-,23+;18-;;/m11../s1. The molecule has 6 heterocycles. The van der Waals surface area contributed by atoms with Gasteiger partial charge in [-0.1, -0.05) is 44.1 Å². The average Bonchev–Trinajstić information content (AvgIpc) is 4.22. The summed E-state index contributed by atoms with van der Waals surface area (Å²) in [6.07, 6.45) is 2.57. The number of Topliss-reactive ketones (excluding diaryl/α,β-unsaturated/α-hetero) is 1. The molecule has 72 heavy (non-hydrogen) atoms. The summed E-state index contributed by atoms with van der Waals surface area (Å²) in [6, 6.07) is 18.5. The van der Waals surface area contributed by atoms with Crippen LogP contribution in [0.15, 0.2) is 93.8 Å². The zero-order valence-corrected chi connectivity index (χ0v) is 39.0. The second-order valence-corrected chi connectivity index (χ2v) is 18.3. The van der Waals surface area contributed by atoms with Gasteiger partial charge in [0, 0.05) is 39.5 Å². The Morgan fingerprint density at radius 3 is 1.57 bits per heavy atom. The summed E-state index contributed by atoms with van der Waals surface area (Å²) in [5.41, 5.74) is 1.04. The third kappa shape index (κ3) is 11.9. The van der Waals surface area contributed by atoms with Crippen LogP contribution in [0.1, 0.15) is 74.1 Å². The van der Waals surface area contributed by atoms with Gasteiger partial charge in [0.15, 0.2) is 40.3 Å². The van der Waals surface area contributed by atoms with E-state index in [0.717, 1.165) is 64.0 Å². The van der Waals surface area contributed by atoms with Gasteiger partial charge in [-0.05, 0) is 136 Å². The lowest BCUT2D eigenvalue weighted by Gasteiger charge is -2.30. The molecule has 0 bridgehead atoms. The summed E-state index contributed by atoms with van der Waals surface area (Å²) in [5, 5.41) is 17.2. The molecule has 0 spiro atoms. The monoisotopic (exact) mass is 1040 g/mol. The van der Waals surface area contributed by atoms with Crippen LogP contribution in [0, 0.1) is 0 Å². The van der Waals surface area contributed by atoms with Gasteiger partial charge in [-0.15, -0.1) is 0 Å². The first kappa shape index (κ1) is 53.7. The highest BCUT2D eigenvalue weighted by Gasteiger charge is 2.47. The number of aliphatic hydroxyl groups is 1. The average molecular weight is 1040 g/mol. The molecule has 0 radical (unpaired) electrons. The van der Waals surface area contributed by atoms with Crippen LogP contribution in [0.3, 0.4) is 0 Å². The minimum absolute atomic E-state index is 0. The van der Waals surface area contributed by atoms with Gasteiger partial charge in [-0.25, -0.2) is 0 Å². The molecular weight excluding hydrogens is 987 g/mol. The molecule has 20 heteroatoms. The molecule has 0 saturated carbocycles. The molecule has 386 valence electrons. The highest BCUT2D eigenvalue weighted by atomic mass is 35.5. The highest BCUT2D eigenvalue weighted by molar-refractivity contribution is 6.31. The molecule has 2 saturated heterocycles. The van der Waals surface area contributed by atoms with E-state index in [1.54, 1.807) is 30.3 Å². The second-order valence-electron chi connectivity index (χ2n) is 17.4. The van der Waals surface area contributed by atoms with Gasteiger partial charge in [0.25, 0.3) is 11.8 Å². The van der Waals surface area contributed by atoms with Gasteiger partial charge in [0.1, 0.15) is 49.7 Å². The first-order chi connectivity index (χ1) is 33.6. The Morgan fingerprint density at radius 1 is 0.583 bits per heavy atom. The lowest BCUT2D eigenvalue weighted by atomic mass is 10.0. The van der Waals surface area contributed by atoms with Gasteiger partial charge in [-0.2, -0.15) is 17.6 Å². The molecule has 4 aliphatic heterocycles. The smallest absolute Gasteiger partial charge is 0.380 e. The number of benzene rings is 4. The van der Waals surface area contributed by atoms with E-state index in [2.05, 4.69) is 10.6 Å². The minimum Gasteiger partial charge on any atom is -0.486 e. The number of fused-ring (bicyclic) bond motifs is 4. The molecule has 10 rings (SSSR count). The van der Waals surface area contributed by atoms with Crippen LogP contribution in [-0.2, 0) is 21.4 Å². The number of aliphatic hydroxyl groups excluding tert-OH is 1. The summed E-state index contributed by atoms with van der Waals surface area (Å²) in [6.45, 7) is 4.84. The zero-order chi connectivity index (χ0) is 49.2. The molecule has 14 nitrogen and oxygen atoms in total. The fraction of sp³-hybridized carbons (Fsp3) is 0.404. The SMILES string of the molecule is C.C.O=C(N[C@H](CN1CCCC1)[C@@H](O)c1ccc2c(c1)OCCO2)C(F)(F)c1cc2cc(Cl)ccc2o1.O=C(c1ccc2c(c1)OCCO2)[C@@H](CN1CCCC1)NC(=O)C(F)(F)c1cc2cc(Cl)ccc2o1. The molecule has 2 aromatic heterocycles. The Kier molecular flexibility index (Phi) is 17.0. The number of ketones is 1. The predicted molar refractivity (Wildman–Crippen MR) is 263 cm³/mol. The van der Waals surface area contributed by atoms with Crippen molar-refractivity contribution in [3.63, 3.8) is 0 Å². The zero-order valence-electron chi connectivity index (χ0n) is 37.5. The van der Waals surface area contributed by atoms with Gasteiger partial charge in [0.2, 0.25) is 0 Å². The van der Waals surface area contributed by atoms with Gasteiger partial charge < -0.3 is 53.3 Å². The number of likely N-dealkylation sites (tertiary alicyclic amines) is 2. The maximum Gasteiger partial charge on any atom is 0.380 e. The fourth-order valence-corrected chi connectivity index (χ4v) is 9.19. The Balaban J connectivity index is 0.000000206. The number of nitrogens with zero attached hydrogens (tertiary/aromatic N) is 2. The molecule has 4 aromatic carbocycles. The van der Waals surface area contributed by atoms with Crippen molar-refractivity contribution in [3.05, 3.63) is 118 Å². The van der Waals surface area contributed by atoms with Crippen LogP contribution in [-0.4, -0.2) is 110 Å². The number of furan rings is 2. The normalized spacial score (nSPS) is 16.9. The summed E-state index contributed by atoms with van der Waals surface area (Å²) in [4.78, 5) is 43.0. The summed E-state index contributed by atoms with van der Waals surface area (Å²) >= 11 is 11.9. The fourth-order valence-electron chi connectivity index (χ4n) is 8.83. The van der Waals surface area contributed by atoms with Crippen LogP contribution in [0.25, 0.3) is 21.9 Å². The second kappa shape index (κ2) is 22.8. The van der Waals surface area contributed by atoms with Crippen molar-refractivity contribution in [2.75, 3.05) is 65.7 Å². The van der Waals surface area contributed by atoms with Crippen LogP contribution in [0.2, 0.25) is 10.0 Å². The van der Waals surface area contributed by atoms with E-state index in [1.165, 1.54) is 42.5 Å².